The molecule has 1 atom stereocenters. The van der Waals surface area contributed by atoms with Gasteiger partial charge in [-0.05, 0) is 25.3 Å². The molecule has 0 saturated carbocycles. The van der Waals surface area contributed by atoms with Crippen molar-refractivity contribution in [3.63, 3.8) is 0 Å². The maximum atomic E-state index is 10.1. The average molecular weight is 269 g/mol. The van der Waals surface area contributed by atoms with E-state index < -0.39 is 11.4 Å². The molecular formula is C14H23NO4. The molecule has 0 amide bonds. The highest BCUT2D eigenvalue weighted by atomic mass is 16.3. The molecule has 5 nitrogen and oxygen atoms in total. The fourth-order valence-electron chi connectivity index (χ4n) is 2.17. The van der Waals surface area contributed by atoms with Crippen molar-refractivity contribution in [1.29, 1.82) is 0 Å². The van der Waals surface area contributed by atoms with Gasteiger partial charge in [-0.1, -0.05) is 19.9 Å². The number of hydrogen-bond acceptors (Lipinski definition) is 5. The molecule has 19 heavy (non-hydrogen) atoms. The van der Waals surface area contributed by atoms with E-state index in [2.05, 4.69) is 5.32 Å². The third-order valence-electron chi connectivity index (χ3n) is 2.88. The Morgan fingerprint density at radius 1 is 1.16 bits per heavy atom. The molecule has 5 heteroatoms. The normalized spacial score (nSPS) is 14.6. The van der Waals surface area contributed by atoms with E-state index in [-0.39, 0.29) is 11.5 Å². The Morgan fingerprint density at radius 3 is 2.37 bits per heavy atom. The van der Waals surface area contributed by atoms with Gasteiger partial charge in [0, 0.05) is 18.7 Å². The van der Waals surface area contributed by atoms with Gasteiger partial charge in [-0.25, -0.2) is 0 Å². The van der Waals surface area contributed by atoms with Crippen molar-refractivity contribution >= 4 is 0 Å². The van der Waals surface area contributed by atoms with Crippen LogP contribution in [0.5, 0.6) is 17.2 Å². The van der Waals surface area contributed by atoms with Gasteiger partial charge >= 0.3 is 0 Å². The summed E-state index contributed by atoms with van der Waals surface area (Å²) in [6, 6.07) is 2.84. The number of rotatable bonds is 6. The first-order valence-corrected chi connectivity index (χ1v) is 6.39. The topological polar surface area (TPSA) is 93.0 Å². The largest absolute Gasteiger partial charge is 0.504 e. The van der Waals surface area contributed by atoms with Crippen LogP contribution in [0.2, 0.25) is 0 Å². The van der Waals surface area contributed by atoms with E-state index in [1.807, 2.05) is 13.8 Å². The highest BCUT2D eigenvalue weighted by molar-refractivity contribution is 5.52. The van der Waals surface area contributed by atoms with Crippen LogP contribution in [-0.4, -0.2) is 32.6 Å². The van der Waals surface area contributed by atoms with E-state index >= 15 is 0 Å². The molecule has 0 spiro atoms. The van der Waals surface area contributed by atoms with Crippen LogP contribution in [0.4, 0.5) is 0 Å². The Labute approximate surface area is 113 Å². The standard InChI is InChI=1S/C14H23NO4/c1-9(2)6-14(3,19)8-15-7-10-4-5-11(16)13(18)12(10)17/h4-5,9,15-19H,6-8H2,1-3H3. The summed E-state index contributed by atoms with van der Waals surface area (Å²) in [5.74, 6) is -0.819. The predicted octanol–water partition coefficient (Wildman–Crippen LogP) is 1.69. The quantitative estimate of drug-likeness (QED) is 0.507. The summed E-state index contributed by atoms with van der Waals surface area (Å²) in [5.41, 5.74) is -0.349. The molecule has 0 bridgehead atoms. The third-order valence-corrected chi connectivity index (χ3v) is 2.88. The number of phenols is 3. The first-order valence-electron chi connectivity index (χ1n) is 6.39. The van der Waals surface area contributed by atoms with Crippen LogP contribution >= 0.6 is 0 Å². The van der Waals surface area contributed by atoms with E-state index in [9.17, 15) is 20.4 Å². The summed E-state index contributed by atoms with van der Waals surface area (Å²) in [6.07, 6.45) is 0.673. The molecule has 0 aliphatic carbocycles. The van der Waals surface area contributed by atoms with Crippen LogP contribution in [0, 0.1) is 5.92 Å². The second-order valence-corrected chi connectivity index (χ2v) is 5.64. The smallest absolute Gasteiger partial charge is 0.200 e. The minimum Gasteiger partial charge on any atom is -0.504 e. The number of nitrogens with one attached hydrogen (secondary N) is 1. The summed E-state index contributed by atoms with van der Waals surface area (Å²) in [4.78, 5) is 0. The summed E-state index contributed by atoms with van der Waals surface area (Å²) in [7, 11) is 0. The van der Waals surface area contributed by atoms with Crippen LogP contribution in [0.1, 0.15) is 32.8 Å². The van der Waals surface area contributed by atoms with Crippen LogP contribution in [0.25, 0.3) is 0 Å². The SMILES string of the molecule is CC(C)CC(C)(O)CNCc1ccc(O)c(O)c1O. The number of hydrogen-bond donors (Lipinski definition) is 5. The fraction of sp³-hybridized carbons (Fsp3) is 0.571. The lowest BCUT2D eigenvalue weighted by Gasteiger charge is -2.25. The van der Waals surface area contributed by atoms with E-state index in [0.717, 1.165) is 0 Å². The van der Waals surface area contributed by atoms with Crippen molar-refractivity contribution < 1.29 is 20.4 Å². The summed E-state index contributed by atoms with van der Waals surface area (Å²) < 4.78 is 0. The van der Waals surface area contributed by atoms with Gasteiger partial charge in [0.2, 0.25) is 5.75 Å². The zero-order valence-corrected chi connectivity index (χ0v) is 11.6. The van der Waals surface area contributed by atoms with Crippen LogP contribution in [0.3, 0.4) is 0 Å². The molecule has 108 valence electrons. The van der Waals surface area contributed by atoms with Crippen molar-refractivity contribution in [2.24, 2.45) is 5.92 Å². The summed E-state index contributed by atoms with van der Waals surface area (Å²) in [5, 5.41) is 41.4. The predicted molar refractivity (Wildman–Crippen MR) is 73.2 cm³/mol. The Balaban J connectivity index is 2.57. The van der Waals surface area contributed by atoms with Crippen LogP contribution < -0.4 is 5.32 Å². The molecule has 1 aromatic carbocycles. The molecular weight excluding hydrogens is 246 g/mol. The molecule has 1 unspecified atom stereocenters. The lowest BCUT2D eigenvalue weighted by molar-refractivity contribution is 0.0383. The first kappa shape index (κ1) is 15.6. The van der Waals surface area contributed by atoms with Crippen molar-refractivity contribution in [3.8, 4) is 17.2 Å². The molecule has 0 aromatic heterocycles. The van der Waals surface area contributed by atoms with E-state index in [0.29, 0.717) is 31.0 Å². The van der Waals surface area contributed by atoms with Gasteiger partial charge in [0.25, 0.3) is 0 Å². The van der Waals surface area contributed by atoms with Gasteiger partial charge in [-0.2, -0.15) is 0 Å². The highest BCUT2D eigenvalue weighted by Crippen LogP contribution is 2.36. The zero-order chi connectivity index (χ0) is 14.6. The van der Waals surface area contributed by atoms with E-state index in [4.69, 9.17) is 0 Å². The summed E-state index contributed by atoms with van der Waals surface area (Å²) in [6.45, 7) is 6.52. The molecule has 0 fully saturated rings. The second kappa shape index (κ2) is 6.12. The zero-order valence-electron chi connectivity index (χ0n) is 11.6. The monoisotopic (exact) mass is 269 g/mol. The fourth-order valence-corrected chi connectivity index (χ4v) is 2.17. The number of phenolic OH excluding ortho intramolecular Hbond substituents is 3. The van der Waals surface area contributed by atoms with E-state index in [1.165, 1.54) is 12.1 Å². The maximum absolute atomic E-state index is 10.1. The molecule has 0 aliphatic rings. The second-order valence-electron chi connectivity index (χ2n) is 5.64. The van der Waals surface area contributed by atoms with Crippen molar-refractivity contribution in [3.05, 3.63) is 17.7 Å². The Kier molecular flexibility index (Phi) is 5.03. The van der Waals surface area contributed by atoms with Crippen LogP contribution in [-0.2, 0) is 6.54 Å². The molecule has 1 rings (SSSR count). The van der Waals surface area contributed by atoms with Gasteiger partial charge in [-0.3, -0.25) is 0 Å². The van der Waals surface area contributed by atoms with Crippen molar-refractivity contribution in [2.45, 2.75) is 39.3 Å². The van der Waals surface area contributed by atoms with Gasteiger partial charge in [0.1, 0.15) is 0 Å². The van der Waals surface area contributed by atoms with Crippen LogP contribution in [0.15, 0.2) is 12.1 Å². The highest BCUT2D eigenvalue weighted by Gasteiger charge is 2.21. The Bertz CT molecular complexity index is 430. The molecule has 1 aromatic rings. The molecule has 0 saturated heterocycles. The van der Waals surface area contributed by atoms with E-state index in [1.54, 1.807) is 6.92 Å². The lowest BCUT2D eigenvalue weighted by Crippen LogP contribution is -2.38. The molecule has 0 heterocycles. The van der Waals surface area contributed by atoms with Gasteiger partial charge in [0.05, 0.1) is 5.60 Å². The molecule has 0 aliphatic heterocycles. The summed E-state index contributed by atoms with van der Waals surface area (Å²) >= 11 is 0. The first-order chi connectivity index (χ1) is 8.73. The minimum atomic E-state index is -0.817. The number of benzene rings is 1. The minimum absolute atomic E-state index is 0.300. The molecule has 0 radical (unpaired) electrons. The number of aromatic hydroxyl groups is 3. The van der Waals surface area contributed by atoms with Crippen molar-refractivity contribution in [2.75, 3.05) is 6.54 Å². The van der Waals surface area contributed by atoms with Gasteiger partial charge in [0.15, 0.2) is 11.5 Å². The Hall–Kier alpha value is -1.46. The van der Waals surface area contributed by atoms with Gasteiger partial charge < -0.3 is 25.7 Å². The van der Waals surface area contributed by atoms with Crippen molar-refractivity contribution in [1.82, 2.24) is 5.32 Å². The number of aliphatic hydroxyl groups is 1. The third kappa shape index (κ3) is 4.61. The molecule has 5 N–H and O–H groups in total. The maximum Gasteiger partial charge on any atom is 0.200 e. The average Bonchev–Trinajstić information content (AvgIpc) is 2.27. The Morgan fingerprint density at radius 2 is 1.79 bits per heavy atom. The van der Waals surface area contributed by atoms with Gasteiger partial charge in [-0.15, -0.1) is 0 Å². The lowest BCUT2D eigenvalue weighted by atomic mass is 9.94.